The Morgan fingerprint density at radius 1 is 1.06 bits per heavy atom. The van der Waals surface area contributed by atoms with Gasteiger partial charge in [0.2, 0.25) is 5.91 Å². The third-order valence-corrected chi connectivity index (χ3v) is 6.35. The number of unbranched alkanes of at least 4 members (excludes halogenated alkanes) is 7. The Kier molecular flexibility index (Phi) is 11.8. The summed E-state index contributed by atoms with van der Waals surface area (Å²) in [4.78, 5) is 24.6. The summed E-state index contributed by atoms with van der Waals surface area (Å²) >= 11 is 0. The van der Waals surface area contributed by atoms with E-state index in [-0.39, 0.29) is 5.91 Å². The molecule has 1 heterocycles. The van der Waals surface area contributed by atoms with Crippen molar-refractivity contribution >= 4 is 11.7 Å². The van der Waals surface area contributed by atoms with Gasteiger partial charge in [-0.15, -0.1) is 5.10 Å². The molecular weight excluding hydrogens is 392 g/mol. The fourth-order valence-corrected chi connectivity index (χ4v) is 4.49. The molecule has 0 spiro atoms. The highest BCUT2D eigenvalue weighted by Crippen LogP contribution is 2.26. The molecule has 0 aliphatic heterocycles. The molecule has 1 aliphatic carbocycles. The lowest BCUT2D eigenvalue weighted by atomic mass is 9.84. The molecule has 2 atom stereocenters. The summed E-state index contributed by atoms with van der Waals surface area (Å²) in [6.45, 7) is 4.00. The van der Waals surface area contributed by atoms with Crippen molar-refractivity contribution in [2.45, 2.75) is 116 Å². The van der Waals surface area contributed by atoms with Crippen LogP contribution < -0.4 is 5.32 Å². The Labute approximate surface area is 187 Å². The number of carbonyl (C=O) groups is 2. The molecule has 1 saturated carbocycles. The maximum Gasteiger partial charge on any atom is 0.247 e. The van der Waals surface area contributed by atoms with E-state index in [2.05, 4.69) is 15.6 Å². The number of aromatic nitrogens is 3. The van der Waals surface area contributed by atoms with E-state index in [0.717, 1.165) is 44.9 Å². The topological polar surface area (TPSA) is 97.1 Å². The summed E-state index contributed by atoms with van der Waals surface area (Å²) in [6.07, 6.45) is 16.7. The molecule has 0 unspecified atom stereocenters. The Balaban J connectivity index is 1.44. The van der Waals surface area contributed by atoms with Crippen molar-refractivity contribution in [2.24, 2.45) is 5.92 Å². The molecule has 0 radical (unpaired) electrons. The summed E-state index contributed by atoms with van der Waals surface area (Å²) in [5.74, 6) is 0.659. The number of nitrogens with one attached hydrogen (secondary N) is 1. The number of aliphatic hydroxyl groups excluding tert-OH is 1. The molecule has 1 aromatic heterocycles. The summed E-state index contributed by atoms with van der Waals surface area (Å²) in [5, 5.41) is 20.7. The molecule has 0 saturated heterocycles. The van der Waals surface area contributed by atoms with Gasteiger partial charge in [-0.2, -0.15) is 0 Å². The second-order valence-electron chi connectivity index (χ2n) is 9.20. The normalized spacial score (nSPS) is 16.7. The average Bonchev–Trinajstić information content (AvgIpc) is 3.17. The molecule has 1 aliphatic rings. The monoisotopic (exact) mass is 434 g/mol. The van der Waals surface area contributed by atoms with Crippen LogP contribution in [0.1, 0.15) is 109 Å². The van der Waals surface area contributed by atoms with Crippen molar-refractivity contribution < 1.29 is 14.7 Å². The summed E-state index contributed by atoms with van der Waals surface area (Å²) in [5.41, 5.74) is 0.717. The van der Waals surface area contributed by atoms with Gasteiger partial charge in [0.1, 0.15) is 5.78 Å². The predicted octanol–water partition coefficient (Wildman–Crippen LogP) is 4.28. The van der Waals surface area contributed by atoms with Crippen LogP contribution in [0.25, 0.3) is 0 Å². The molecule has 2 N–H and O–H groups in total. The van der Waals surface area contributed by atoms with Crippen molar-refractivity contribution in [3.8, 4) is 0 Å². The number of aryl methyl sites for hydroxylation is 1. The smallest absolute Gasteiger partial charge is 0.247 e. The van der Waals surface area contributed by atoms with Gasteiger partial charge >= 0.3 is 0 Å². The van der Waals surface area contributed by atoms with Crippen molar-refractivity contribution in [3.63, 3.8) is 0 Å². The molecule has 1 aromatic rings. The Bertz CT molecular complexity index is 653. The van der Waals surface area contributed by atoms with E-state index >= 15 is 0 Å². The molecule has 2 rings (SSSR count). The van der Waals surface area contributed by atoms with Crippen LogP contribution in [-0.4, -0.2) is 44.4 Å². The van der Waals surface area contributed by atoms with Gasteiger partial charge in [-0.25, -0.2) is 4.68 Å². The first-order valence-electron chi connectivity index (χ1n) is 12.4. The van der Waals surface area contributed by atoms with E-state index in [1.165, 1.54) is 49.6 Å². The highest BCUT2D eigenvalue weighted by atomic mass is 16.3. The number of amides is 1. The third-order valence-electron chi connectivity index (χ3n) is 6.35. The molecule has 1 amide bonds. The predicted molar refractivity (Wildman–Crippen MR) is 122 cm³/mol. The lowest BCUT2D eigenvalue weighted by molar-refractivity contribution is -0.127. The van der Waals surface area contributed by atoms with Gasteiger partial charge in [0.05, 0.1) is 11.8 Å². The molecule has 1 fully saturated rings. The first-order chi connectivity index (χ1) is 15.0. The molecule has 7 nitrogen and oxygen atoms in total. The van der Waals surface area contributed by atoms with E-state index in [0.29, 0.717) is 23.9 Å². The minimum absolute atomic E-state index is 0.220. The van der Waals surface area contributed by atoms with Crippen molar-refractivity contribution in [2.75, 3.05) is 6.54 Å². The van der Waals surface area contributed by atoms with E-state index < -0.39 is 12.1 Å². The molecule has 0 bridgehead atoms. The standard InChI is InChI=1S/C24H42N4O3/c1-19-18-28(27-26-19)23(20(2)29)24(31)25-17-13-8-6-4-3-5-7-12-16-22(30)21-14-10-9-11-15-21/h18,20-21,23,29H,3-17H2,1-2H3,(H,25,31)/t20-,23+/m1/s1. The number of nitrogens with zero attached hydrogens (tertiary/aromatic N) is 3. The minimum Gasteiger partial charge on any atom is -0.391 e. The first kappa shape index (κ1) is 25.5. The fourth-order valence-electron chi connectivity index (χ4n) is 4.49. The van der Waals surface area contributed by atoms with Gasteiger partial charge in [-0.05, 0) is 39.5 Å². The quantitative estimate of drug-likeness (QED) is 0.402. The SMILES string of the molecule is Cc1cn([C@H](C(=O)NCCCCCCCCCCC(=O)C2CCCCC2)[C@@H](C)O)nn1. The molecule has 176 valence electrons. The van der Waals surface area contributed by atoms with Gasteiger partial charge < -0.3 is 10.4 Å². The summed E-state index contributed by atoms with van der Waals surface area (Å²) in [6, 6.07) is -0.744. The highest BCUT2D eigenvalue weighted by molar-refractivity contribution is 5.81. The zero-order valence-electron chi connectivity index (χ0n) is 19.5. The number of rotatable bonds is 15. The number of carbonyl (C=O) groups excluding carboxylic acids is 2. The summed E-state index contributed by atoms with van der Waals surface area (Å²) < 4.78 is 1.43. The van der Waals surface area contributed by atoms with Gasteiger partial charge in [0.25, 0.3) is 0 Å². The second-order valence-corrected chi connectivity index (χ2v) is 9.20. The maximum absolute atomic E-state index is 12.4. The van der Waals surface area contributed by atoms with Crippen molar-refractivity contribution in [3.05, 3.63) is 11.9 Å². The zero-order valence-corrected chi connectivity index (χ0v) is 19.5. The lowest BCUT2D eigenvalue weighted by Gasteiger charge is -2.20. The van der Waals surface area contributed by atoms with Crippen LogP contribution in [0, 0.1) is 12.8 Å². The second kappa shape index (κ2) is 14.3. The molecule has 0 aromatic carbocycles. The van der Waals surface area contributed by atoms with Crippen LogP contribution in [0.15, 0.2) is 6.20 Å². The minimum atomic E-state index is -0.834. The van der Waals surface area contributed by atoms with Crippen molar-refractivity contribution in [1.82, 2.24) is 20.3 Å². The number of ketones is 1. The number of hydrogen-bond donors (Lipinski definition) is 2. The van der Waals surface area contributed by atoms with E-state index in [9.17, 15) is 14.7 Å². The van der Waals surface area contributed by atoms with Crippen molar-refractivity contribution in [1.29, 1.82) is 0 Å². The van der Waals surface area contributed by atoms with Crippen LogP contribution >= 0.6 is 0 Å². The molecule has 7 heteroatoms. The fraction of sp³-hybridized carbons (Fsp3) is 0.833. The van der Waals surface area contributed by atoms with E-state index in [4.69, 9.17) is 0 Å². The molecule has 31 heavy (non-hydrogen) atoms. The number of hydrogen-bond acceptors (Lipinski definition) is 5. The van der Waals surface area contributed by atoms with Gasteiger partial charge in [-0.1, -0.05) is 63.0 Å². The van der Waals surface area contributed by atoms with Crippen LogP contribution in [0.3, 0.4) is 0 Å². The first-order valence-corrected chi connectivity index (χ1v) is 12.4. The summed E-state index contributed by atoms with van der Waals surface area (Å²) in [7, 11) is 0. The highest BCUT2D eigenvalue weighted by Gasteiger charge is 2.26. The Hall–Kier alpha value is -1.76. The van der Waals surface area contributed by atoms with Crippen LogP contribution in [0.2, 0.25) is 0 Å². The number of aliphatic hydroxyl groups is 1. The Morgan fingerprint density at radius 3 is 2.26 bits per heavy atom. The third kappa shape index (κ3) is 9.50. The maximum atomic E-state index is 12.4. The van der Waals surface area contributed by atoms with E-state index in [1.807, 2.05) is 0 Å². The number of Topliss-reactive ketones (excluding diaryl/α,β-unsaturated/α-hetero) is 1. The van der Waals surface area contributed by atoms with Crippen LogP contribution in [0.4, 0.5) is 0 Å². The van der Waals surface area contributed by atoms with Gasteiger partial charge in [0.15, 0.2) is 6.04 Å². The Morgan fingerprint density at radius 2 is 1.68 bits per heavy atom. The van der Waals surface area contributed by atoms with Gasteiger partial charge in [0, 0.05) is 25.1 Å². The van der Waals surface area contributed by atoms with E-state index in [1.54, 1.807) is 20.0 Å². The van der Waals surface area contributed by atoms with Crippen LogP contribution in [0.5, 0.6) is 0 Å². The largest absolute Gasteiger partial charge is 0.391 e. The lowest BCUT2D eigenvalue weighted by Crippen LogP contribution is -2.39. The van der Waals surface area contributed by atoms with Crippen LogP contribution in [-0.2, 0) is 9.59 Å². The zero-order chi connectivity index (χ0) is 22.5. The average molecular weight is 435 g/mol. The van der Waals surface area contributed by atoms with Gasteiger partial charge in [-0.3, -0.25) is 9.59 Å². The molecular formula is C24H42N4O3.